The van der Waals surface area contributed by atoms with E-state index in [1.54, 1.807) is 6.92 Å². The Morgan fingerprint density at radius 3 is 2.48 bits per heavy atom. The lowest BCUT2D eigenvalue weighted by atomic mass is 9.97. The molecule has 1 unspecified atom stereocenters. The van der Waals surface area contributed by atoms with Crippen LogP contribution in [0, 0.1) is 16.3 Å². The van der Waals surface area contributed by atoms with Crippen LogP contribution in [0.15, 0.2) is 36.4 Å². The van der Waals surface area contributed by atoms with Crippen LogP contribution in [-0.4, -0.2) is 6.54 Å². The van der Waals surface area contributed by atoms with Gasteiger partial charge in [0.25, 0.3) is 0 Å². The Labute approximate surface area is 144 Å². The number of hydrogen-bond acceptors (Lipinski definition) is 1. The second-order valence-corrected chi connectivity index (χ2v) is 6.64. The summed E-state index contributed by atoms with van der Waals surface area (Å²) in [6, 6.07) is 11.3. The molecule has 0 aromatic heterocycles. The Bertz CT molecular complexity index is 579. The van der Waals surface area contributed by atoms with Gasteiger partial charge in [-0.1, -0.05) is 36.7 Å². The van der Waals surface area contributed by atoms with Crippen molar-refractivity contribution in [2.75, 3.05) is 6.54 Å². The predicted molar refractivity (Wildman–Crippen MR) is 95.4 cm³/mol. The normalized spacial score (nSPS) is 12.4. The van der Waals surface area contributed by atoms with Crippen molar-refractivity contribution in [3.63, 3.8) is 0 Å². The van der Waals surface area contributed by atoms with E-state index in [2.05, 4.69) is 40.9 Å². The van der Waals surface area contributed by atoms with Gasteiger partial charge in [-0.2, -0.15) is 0 Å². The molecule has 0 bridgehead atoms. The zero-order valence-corrected chi connectivity index (χ0v) is 15.0. The molecule has 0 spiro atoms. The summed E-state index contributed by atoms with van der Waals surface area (Å²) in [6.07, 6.45) is 1.04. The Morgan fingerprint density at radius 2 is 1.86 bits per heavy atom. The SMILES string of the molecule is CCCNC(c1ccc(F)c(C)c1)c1ccc(I)c(Cl)c1. The average Bonchev–Trinajstić information content (AvgIpc) is 2.46. The minimum absolute atomic E-state index is 0.0266. The van der Waals surface area contributed by atoms with Crippen molar-refractivity contribution in [2.45, 2.75) is 26.3 Å². The van der Waals surface area contributed by atoms with Crippen LogP contribution in [0.4, 0.5) is 4.39 Å². The van der Waals surface area contributed by atoms with E-state index >= 15 is 0 Å². The summed E-state index contributed by atoms with van der Waals surface area (Å²) >= 11 is 8.46. The van der Waals surface area contributed by atoms with Gasteiger partial charge in [-0.3, -0.25) is 0 Å². The highest BCUT2D eigenvalue weighted by molar-refractivity contribution is 14.1. The molecule has 1 nitrogen and oxygen atoms in total. The van der Waals surface area contributed by atoms with E-state index in [0.717, 1.165) is 32.7 Å². The predicted octanol–water partition coefficient (Wildman–Crippen LogP) is 5.48. The van der Waals surface area contributed by atoms with E-state index in [9.17, 15) is 4.39 Å². The van der Waals surface area contributed by atoms with E-state index in [4.69, 9.17) is 11.6 Å². The van der Waals surface area contributed by atoms with Crippen molar-refractivity contribution in [1.29, 1.82) is 0 Å². The maximum atomic E-state index is 13.5. The molecule has 0 aliphatic heterocycles. The molecule has 21 heavy (non-hydrogen) atoms. The fourth-order valence-corrected chi connectivity index (χ4v) is 2.78. The molecule has 0 saturated heterocycles. The van der Waals surface area contributed by atoms with Gasteiger partial charge in [0, 0.05) is 3.57 Å². The molecule has 0 fully saturated rings. The first-order valence-corrected chi connectivity index (χ1v) is 8.43. The molecule has 0 aliphatic rings. The average molecular weight is 418 g/mol. The van der Waals surface area contributed by atoms with Crippen LogP contribution in [0.2, 0.25) is 5.02 Å². The number of aryl methyl sites for hydroxylation is 1. The standard InChI is InChI=1S/C17H18ClFIN/c1-3-8-21-17(12-4-6-15(19)11(2)9-12)13-5-7-16(20)14(18)10-13/h4-7,9-10,17,21H,3,8H2,1-2H3. The summed E-state index contributed by atoms with van der Waals surface area (Å²) in [5.41, 5.74) is 2.81. The molecular weight excluding hydrogens is 400 g/mol. The number of benzene rings is 2. The third-order valence-electron chi connectivity index (χ3n) is 3.39. The summed E-state index contributed by atoms with van der Waals surface area (Å²) in [5, 5.41) is 4.26. The smallest absolute Gasteiger partial charge is 0.126 e. The fraction of sp³-hybridized carbons (Fsp3) is 0.294. The first-order chi connectivity index (χ1) is 10.0. The van der Waals surface area contributed by atoms with Gasteiger partial charge in [-0.05, 0) is 77.4 Å². The number of halogens is 3. The van der Waals surface area contributed by atoms with Crippen LogP contribution >= 0.6 is 34.2 Å². The molecule has 2 aromatic rings. The maximum Gasteiger partial charge on any atom is 0.126 e. The molecule has 0 saturated carbocycles. The maximum absolute atomic E-state index is 13.5. The Hall–Kier alpha value is -0.650. The molecular formula is C17H18ClFIN. The quantitative estimate of drug-likeness (QED) is 0.635. The minimum Gasteiger partial charge on any atom is -0.306 e. The third kappa shape index (κ3) is 4.18. The first-order valence-electron chi connectivity index (χ1n) is 6.97. The second kappa shape index (κ2) is 7.56. The largest absolute Gasteiger partial charge is 0.306 e. The van der Waals surface area contributed by atoms with Gasteiger partial charge in [0.15, 0.2) is 0 Å². The van der Waals surface area contributed by atoms with Crippen molar-refractivity contribution in [2.24, 2.45) is 0 Å². The van der Waals surface area contributed by atoms with E-state index in [0.29, 0.717) is 5.56 Å². The van der Waals surface area contributed by atoms with E-state index in [1.807, 2.05) is 24.3 Å². The Morgan fingerprint density at radius 1 is 1.19 bits per heavy atom. The minimum atomic E-state index is -0.173. The van der Waals surface area contributed by atoms with Gasteiger partial charge in [-0.25, -0.2) is 4.39 Å². The fourth-order valence-electron chi connectivity index (χ4n) is 2.26. The van der Waals surface area contributed by atoms with Crippen LogP contribution in [0.1, 0.15) is 36.1 Å². The Kier molecular flexibility index (Phi) is 6.02. The van der Waals surface area contributed by atoms with Gasteiger partial charge in [0.1, 0.15) is 5.82 Å². The molecule has 1 atom stereocenters. The molecule has 0 amide bonds. The number of hydrogen-bond donors (Lipinski definition) is 1. The van der Waals surface area contributed by atoms with Crippen molar-refractivity contribution >= 4 is 34.2 Å². The first kappa shape index (κ1) is 16.7. The van der Waals surface area contributed by atoms with Crippen molar-refractivity contribution in [3.05, 3.63) is 67.5 Å². The van der Waals surface area contributed by atoms with E-state index in [1.165, 1.54) is 6.07 Å². The van der Waals surface area contributed by atoms with Gasteiger partial charge in [0.05, 0.1) is 11.1 Å². The van der Waals surface area contributed by atoms with Crippen LogP contribution in [0.25, 0.3) is 0 Å². The molecule has 2 aromatic carbocycles. The zero-order chi connectivity index (χ0) is 15.4. The molecule has 112 valence electrons. The highest BCUT2D eigenvalue weighted by Gasteiger charge is 2.15. The monoisotopic (exact) mass is 417 g/mol. The van der Waals surface area contributed by atoms with Crippen molar-refractivity contribution < 1.29 is 4.39 Å². The topological polar surface area (TPSA) is 12.0 Å². The Balaban J connectivity index is 2.41. The molecule has 2 rings (SSSR count). The summed E-state index contributed by atoms with van der Waals surface area (Å²) in [4.78, 5) is 0. The van der Waals surface area contributed by atoms with Crippen molar-refractivity contribution in [1.82, 2.24) is 5.32 Å². The summed E-state index contributed by atoms with van der Waals surface area (Å²) < 4.78 is 14.5. The van der Waals surface area contributed by atoms with Crippen molar-refractivity contribution in [3.8, 4) is 0 Å². The van der Waals surface area contributed by atoms with Crippen LogP contribution in [-0.2, 0) is 0 Å². The summed E-state index contributed by atoms with van der Waals surface area (Å²) in [5.74, 6) is -0.173. The van der Waals surface area contributed by atoms with E-state index in [-0.39, 0.29) is 11.9 Å². The zero-order valence-electron chi connectivity index (χ0n) is 12.1. The molecule has 1 N–H and O–H groups in total. The van der Waals surface area contributed by atoms with Gasteiger partial charge in [-0.15, -0.1) is 0 Å². The van der Waals surface area contributed by atoms with Crippen LogP contribution in [0.3, 0.4) is 0 Å². The highest BCUT2D eigenvalue weighted by Crippen LogP contribution is 2.28. The lowest BCUT2D eigenvalue weighted by Gasteiger charge is -2.21. The highest BCUT2D eigenvalue weighted by atomic mass is 127. The third-order valence-corrected chi connectivity index (χ3v) is 4.96. The van der Waals surface area contributed by atoms with E-state index < -0.39 is 0 Å². The van der Waals surface area contributed by atoms with Gasteiger partial charge in [0.2, 0.25) is 0 Å². The molecule has 4 heteroatoms. The summed E-state index contributed by atoms with van der Waals surface area (Å²) in [6.45, 7) is 4.81. The number of nitrogens with one attached hydrogen (secondary N) is 1. The van der Waals surface area contributed by atoms with Crippen LogP contribution in [0.5, 0.6) is 0 Å². The molecule has 0 radical (unpaired) electrons. The van der Waals surface area contributed by atoms with Gasteiger partial charge < -0.3 is 5.32 Å². The molecule has 0 aliphatic carbocycles. The number of rotatable bonds is 5. The lowest BCUT2D eigenvalue weighted by Crippen LogP contribution is -2.23. The van der Waals surface area contributed by atoms with Gasteiger partial charge >= 0.3 is 0 Å². The van der Waals surface area contributed by atoms with Crippen LogP contribution < -0.4 is 5.32 Å². The lowest BCUT2D eigenvalue weighted by molar-refractivity contribution is 0.590. The molecule has 0 heterocycles. The summed E-state index contributed by atoms with van der Waals surface area (Å²) in [7, 11) is 0. The second-order valence-electron chi connectivity index (χ2n) is 5.07.